The summed E-state index contributed by atoms with van der Waals surface area (Å²) >= 11 is 5.17. The van der Waals surface area contributed by atoms with E-state index in [1.54, 1.807) is 34.4 Å². The van der Waals surface area contributed by atoms with Gasteiger partial charge >= 0.3 is 0 Å². The van der Waals surface area contributed by atoms with Crippen LogP contribution in [0.25, 0.3) is 32.6 Å². The van der Waals surface area contributed by atoms with E-state index in [1.165, 1.54) is 37.6 Å². The topological polar surface area (TPSA) is 0 Å². The number of allylic oxidation sites excluding steroid dienone is 11. The second-order valence-corrected chi connectivity index (χ2v) is 12.3. The third kappa shape index (κ3) is 8.80. The summed E-state index contributed by atoms with van der Waals surface area (Å²) in [7, 11) is 0. The molecule has 0 aliphatic carbocycles. The highest BCUT2D eigenvalue weighted by molar-refractivity contribution is 8.10. The van der Waals surface area contributed by atoms with E-state index < -0.39 is 0 Å². The van der Waals surface area contributed by atoms with Gasteiger partial charge < -0.3 is 0 Å². The Morgan fingerprint density at radius 1 is 0.833 bits per heavy atom. The SMILES string of the molecule is C=C(S/C=C\CC(=C/C(=C\C)c1ccsc1-c1ccccc1)/C=C/c1ccsc1C(=C)/C=C\C=C/C)c1ccccc1. The molecule has 0 aliphatic heterocycles. The van der Waals surface area contributed by atoms with Crippen molar-refractivity contribution in [3.63, 3.8) is 0 Å². The fourth-order valence-electron chi connectivity index (χ4n) is 4.31. The molecule has 0 amide bonds. The number of hydrogen-bond donors (Lipinski definition) is 0. The monoisotopic (exact) mass is 600 g/mol. The van der Waals surface area contributed by atoms with E-state index in [9.17, 15) is 0 Å². The first-order chi connectivity index (χ1) is 20.6. The van der Waals surface area contributed by atoms with Crippen molar-refractivity contribution in [2.45, 2.75) is 20.3 Å². The van der Waals surface area contributed by atoms with Crippen LogP contribution in [0.4, 0.5) is 0 Å². The molecule has 2 aromatic carbocycles. The first-order valence-corrected chi connectivity index (χ1v) is 16.5. The normalized spacial score (nSPS) is 12.8. The van der Waals surface area contributed by atoms with Gasteiger partial charge in [0, 0.05) is 14.7 Å². The van der Waals surface area contributed by atoms with Gasteiger partial charge in [0.2, 0.25) is 0 Å². The second-order valence-electron chi connectivity index (χ2n) is 9.42. The Kier molecular flexibility index (Phi) is 12.2. The molecular weight excluding hydrogens is 565 g/mol. The smallest absolute Gasteiger partial charge is 0.0420 e. The zero-order valence-corrected chi connectivity index (χ0v) is 26.7. The number of thiophene rings is 2. The van der Waals surface area contributed by atoms with Gasteiger partial charge in [-0.3, -0.25) is 0 Å². The summed E-state index contributed by atoms with van der Waals surface area (Å²) in [5, 5.41) is 6.46. The summed E-state index contributed by atoms with van der Waals surface area (Å²) in [5.41, 5.74) is 8.29. The van der Waals surface area contributed by atoms with Gasteiger partial charge in [-0.05, 0) is 87.5 Å². The zero-order valence-electron chi connectivity index (χ0n) is 24.2. The summed E-state index contributed by atoms with van der Waals surface area (Å²) in [4.78, 5) is 3.52. The minimum absolute atomic E-state index is 0.801. The van der Waals surface area contributed by atoms with Crippen LogP contribution in [-0.4, -0.2) is 0 Å². The van der Waals surface area contributed by atoms with Crippen molar-refractivity contribution in [1.82, 2.24) is 0 Å². The van der Waals surface area contributed by atoms with Crippen molar-refractivity contribution in [3.8, 4) is 10.4 Å². The lowest BCUT2D eigenvalue weighted by atomic mass is 9.98. The van der Waals surface area contributed by atoms with E-state index >= 15 is 0 Å². The van der Waals surface area contributed by atoms with Gasteiger partial charge in [-0.15, -0.1) is 22.7 Å². The fraction of sp³-hybridized carbons (Fsp3) is 0.0769. The summed E-state index contributed by atoms with van der Waals surface area (Å²) in [6, 6.07) is 25.4. The first-order valence-electron chi connectivity index (χ1n) is 13.9. The average molecular weight is 601 g/mol. The first kappa shape index (κ1) is 31.1. The molecule has 0 saturated heterocycles. The van der Waals surface area contributed by atoms with Crippen LogP contribution >= 0.6 is 34.4 Å². The Morgan fingerprint density at radius 3 is 2.31 bits per heavy atom. The van der Waals surface area contributed by atoms with Crippen molar-refractivity contribution in [2.24, 2.45) is 0 Å². The fourth-order valence-corrected chi connectivity index (χ4v) is 6.71. The quantitative estimate of drug-likeness (QED) is 0.138. The van der Waals surface area contributed by atoms with E-state index in [2.05, 4.69) is 127 Å². The minimum atomic E-state index is 0.801. The Balaban J connectivity index is 1.62. The lowest BCUT2D eigenvalue weighted by molar-refractivity contribution is 1.30. The Morgan fingerprint density at radius 2 is 1.57 bits per heavy atom. The Labute approximate surface area is 263 Å². The van der Waals surface area contributed by atoms with Crippen molar-refractivity contribution < 1.29 is 0 Å². The van der Waals surface area contributed by atoms with Crippen LogP contribution in [-0.2, 0) is 0 Å². The molecule has 0 spiro atoms. The Bertz CT molecular complexity index is 1650. The molecule has 2 heterocycles. The van der Waals surface area contributed by atoms with Crippen molar-refractivity contribution in [3.05, 3.63) is 178 Å². The lowest BCUT2D eigenvalue weighted by Gasteiger charge is -2.08. The van der Waals surface area contributed by atoms with Gasteiger partial charge in [0.25, 0.3) is 0 Å². The molecule has 2 aromatic heterocycles. The molecule has 0 fully saturated rings. The molecule has 0 radical (unpaired) electrons. The summed E-state index contributed by atoms with van der Waals surface area (Å²) in [6.45, 7) is 12.7. The maximum absolute atomic E-state index is 4.30. The third-order valence-corrected chi connectivity index (χ3v) is 9.30. The van der Waals surface area contributed by atoms with E-state index in [0.717, 1.165) is 22.5 Å². The molecular formula is C39H36S3. The van der Waals surface area contributed by atoms with Gasteiger partial charge in [-0.25, -0.2) is 0 Å². The number of rotatable bonds is 13. The molecule has 0 atom stereocenters. The summed E-state index contributed by atoms with van der Waals surface area (Å²) < 4.78 is 0. The van der Waals surface area contributed by atoms with Crippen LogP contribution in [0.15, 0.2) is 156 Å². The number of hydrogen-bond acceptors (Lipinski definition) is 3. The second kappa shape index (κ2) is 16.5. The molecule has 0 unspecified atom stereocenters. The van der Waals surface area contributed by atoms with E-state index in [0.29, 0.717) is 0 Å². The van der Waals surface area contributed by atoms with Gasteiger partial charge in [-0.1, -0.05) is 140 Å². The third-order valence-electron chi connectivity index (χ3n) is 6.49. The van der Waals surface area contributed by atoms with E-state index in [4.69, 9.17) is 0 Å². The van der Waals surface area contributed by atoms with E-state index in [1.807, 2.05) is 43.4 Å². The molecule has 0 saturated carbocycles. The summed E-state index contributed by atoms with van der Waals surface area (Å²) in [5.74, 6) is 0. The molecule has 0 nitrogen and oxygen atoms in total. The van der Waals surface area contributed by atoms with Gasteiger partial charge in [0.1, 0.15) is 0 Å². The number of benzene rings is 2. The highest BCUT2D eigenvalue weighted by Crippen LogP contribution is 2.36. The highest BCUT2D eigenvalue weighted by Gasteiger charge is 2.10. The zero-order chi connectivity index (χ0) is 29.6. The van der Waals surface area contributed by atoms with Crippen LogP contribution in [0.1, 0.15) is 41.8 Å². The minimum Gasteiger partial charge on any atom is -0.143 e. The molecule has 0 bridgehead atoms. The predicted molar refractivity (Wildman–Crippen MR) is 195 cm³/mol. The van der Waals surface area contributed by atoms with Gasteiger partial charge in [0.05, 0.1) is 0 Å². The molecule has 3 heteroatoms. The van der Waals surface area contributed by atoms with Crippen LogP contribution in [0.5, 0.6) is 0 Å². The van der Waals surface area contributed by atoms with Gasteiger partial charge in [-0.2, -0.15) is 0 Å². The molecule has 210 valence electrons. The number of thioether (sulfide) groups is 1. The molecule has 0 aliphatic rings. The van der Waals surface area contributed by atoms with Crippen molar-refractivity contribution in [1.29, 1.82) is 0 Å². The van der Waals surface area contributed by atoms with Crippen molar-refractivity contribution >= 4 is 56.6 Å². The van der Waals surface area contributed by atoms with Crippen LogP contribution < -0.4 is 0 Å². The maximum Gasteiger partial charge on any atom is 0.0420 e. The summed E-state index contributed by atoms with van der Waals surface area (Å²) in [6.07, 6.45) is 20.2. The molecule has 42 heavy (non-hydrogen) atoms. The van der Waals surface area contributed by atoms with Crippen LogP contribution in [0.2, 0.25) is 0 Å². The lowest BCUT2D eigenvalue weighted by Crippen LogP contribution is -1.86. The van der Waals surface area contributed by atoms with Crippen LogP contribution in [0.3, 0.4) is 0 Å². The highest BCUT2D eigenvalue weighted by atomic mass is 32.2. The molecule has 4 rings (SSSR count). The Hall–Kier alpha value is -3.89. The standard InChI is InChI=1S/C39H36S3/c1-5-7-10-16-30(3)38-36(24-27-41-38)23-22-32(17-15-26-40-31(4)34-18-11-8-12-19-34)29-33(6-2)37-25-28-42-39(37)35-20-13-9-14-21-35/h5-16,18-29H,3-4,17H2,1-2H3/b7-5-,16-10-,23-22+,26-15-,32-29-,33-6+. The van der Waals surface area contributed by atoms with Gasteiger partial charge in [0.15, 0.2) is 0 Å². The molecule has 4 aromatic rings. The van der Waals surface area contributed by atoms with E-state index in [-0.39, 0.29) is 0 Å². The van der Waals surface area contributed by atoms with Crippen molar-refractivity contribution in [2.75, 3.05) is 0 Å². The van der Waals surface area contributed by atoms with Crippen LogP contribution in [0, 0.1) is 0 Å². The average Bonchev–Trinajstić information content (AvgIpc) is 3.71. The maximum atomic E-state index is 4.30. The predicted octanol–water partition coefficient (Wildman–Crippen LogP) is 13.0. The molecule has 0 N–H and O–H groups in total. The largest absolute Gasteiger partial charge is 0.143 e.